The summed E-state index contributed by atoms with van der Waals surface area (Å²) in [6, 6.07) is 17.7. The summed E-state index contributed by atoms with van der Waals surface area (Å²) in [5.74, 6) is -4.75. The Bertz CT molecular complexity index is 1500. The summed E-state index contributed by atoms with van der Waals surface area (Å²) in [7, 11) is 2.76. The average molecular weight is 596 g/mol. The molecule has 0 aliphatic rings. The van der Waals surface area contributed by atoms with Crippen molar-refractivity contribution in [3.8, 4) is 0 Å². The maximum atomic E-state index is 14.3. The van der Waals surface area contributed by atoms with E-state index in [4.69, 9.17) is 14.2 Å². The molecule has 0 spiro atoms. The molecule has 232 valence electrons. The monoisotopic (exact) mass is 595 g/mol. The smallest absolute Gasteiger partial charge is 0.346 e. The van der Waals surface area contributed by atoms with Crippen molar-refractivity contribution in [3.63, 3.8) is 0 Å². The number of benzene rings is 2. The van der Waals surface area contributed by atoms with Crippen LogP contribution in [0.3, 0.4) is 0 Å². The van der Waals surface area contributed by atoms with Gasteiger partial charge in [-0.1, -0.05) is 74.5 Å². The van der Waals surface area contributed by atoms with Crippen LogP contribution < -0.4 is 11.4 Å². The molecule has 2 atom stereocenters. The lowest BCUT2D eigenvalue weighted by molar-refractivity contribution is -0.193. The van der Waals surface area contributed by atoms with Gasteiger partial charge in [0.2, 0.25) is 0 Å². The highest BCUT2D eigenvalue weighted by atomic mass is 16.6. The van der Waals surface area contributed by atoms with E-state index in [9.17, 15) is 24.0 Å². The van der Waals surface area contributed by atoms with E-state index in [2.05, 4.69) is 0 Å². The number of aromatic nitrogens is 3. The normalized spacial score (nSPS) is 13.7. The van der Waals surface area contributed by atoms with Crippen molar-refractivity contribution < 1.29 is 28.6 Å². The molecule has 0 bridgehead atoms. The molecular weight excluding hydrogens is 554 g/mol. The molecule has 1 unspecified atom stereocenters. The predicted octanol–water partition coefficient (Wildman–Crippen LogP) is 3.36. The van der Waals surface area contributed by atoms with Crippen LogP contribution in [0, 0.1) is 17.3 Å². The third-order valence-electron chi connectivity index (χ3n) is 7.02. The molecule has 0 amide bonds. The second-order valence-electron chi connectivity index (χ2n) is 12.0. The molecule has 43 heavy (non-hydrogen) atoms. The van der Waals surface area contributed by atoms with E-state index < -0.39 is 52.8 Å². The number of rotatable bonds is 12. The van der Waals surface area contributed by atoms with Crippen molar-refractivity contribution in [2.75, 3.05) is 0 Å². The number of carbonyl (C=O) groups is 3. The summed E-state index contributed by atoms with van der Waals surface area (Å²) < 4.78 is 20.0. The number of ether oxygens (including phenoxy) is 3. The van der Waals surface area contributed by atoms with Crippen molar-refractivity contribution >= 4 is 17.9 Å². The van der Waals surface area contributed by atoms with E-state index in [1.54, 1.807) is 75.4 Å². The van der Waals surface area contributed by atoms with Gasteiger partial charge in [0.25, 0.3) is 0 Å². The van der Waals surface area contributed by atoms with E-state index in [1.165, 1.54) is 14.1 Å². The summed E-state index contributed by atoms with van der Waals surface area (Å²) in [4.78, 5) is 69.0. The molecule has 3 rings (SSSR count). The minimum Gasteiger partial charge on any atom is -0.461 e. The fourth-order valence-electron chi connectivity index (χ4n) is 4.70. The van der Waals surface area contributed by atoms with E-state index in [0.717, 1.165) is 13.9 Å². The maximum absolute atomic E-state index is 14.3. The van der Waals surface area contributed by atoms with Crippen molar-refractivity contribution in [2.24, 2.45) is 31.3 Å². The van der Waals surface area contributed by atoms with Gasteiger partial charge in [0, 0.05) is 14.1 Å². The molecule has 0 aliphatic heterocycles. The zero-order valence-corrected chi connectivity index (χ0v) is 25.9. The highest BCUT2D eigenvalue weighted by Gasteiger charge is 2.60. The maximum Gasteiger partial charge on any atom is 0.346 e. The van der Waals surface area contributed by atoms with Crippen LogP contribution >= 0.6 is 0 Å². The molecule has 1 heterocycles. The highest BCUT2D eigenvalue weighted by Crippen LogP contribution is 2.40. The first-order valence-corrected chi connectivity index (χ1v) is 14.2. The fraction of sp³-hybridized carbons (Fsp3) is 0.469. The summed E-state index contributed by atoms with van der Waals surface area (Å²) in [5, 5.41) is 0. The van der Waals surface area contributed by atoms with Crippen LogP contribution in [0.4, 0.5) is 0 Å². The van der Waals surface area contributed by atoms with Gasteiger partial charge >= 0.3 is 29.3 Å². The number of hydrogen-bond donors (Lipinski definition) is 0. The van der Waals surface area contributed by atoms with Crippen LogP contribution in [0.1, 0.15) is 52.2 Å². The van der Waals surface area contributed by atoms with Gasteiger partial charge < -0.3 is 14.2 Å². The lowest BCUT2D eigenvalue weighted by Crippen LogP contribution is -2.57. The Hall–Kier alpha value is -4.41. The summed E-state index contributed by atoms with van der Waals surface area (Å²) in [6.07, 6.45) is -0.00476. The lowest BCUT2D eigenvalue weighted by atomic mass is 9.71. The van der Waals surface area contributed by atoms with Gasteiger partial charge in [0.15, 0.2) is 5.41 Å². The van der Waals surface area contributed by atoms with Crippen molar-refractivity contribution in [2.45, 2.75) is 66.4 Å². The molecule has 2 aromatic carbocycles. The summed E-state index contributed by atoms with van der Waals surface area (Å²) in [6.45, 7) is 7.35. The molecule has 0 radical (unpaired) electrons. The van der Waals surface area contributed by atoms with Crippen molar-refractivity contribution in [1.82, 2.24) is 13.9 Å². The Kier molecular flexibility index (Phi) is 10.6. The molecule has 1 aromatic heterocycles. The first-order chi connectivity index (χ1) is 20.2. The van der Waals surface area contributed by atoms with Crippen LogP contribution in [-0.4, -0.2) is 37.4 Å². The summed E-state index contributed by atoms with van der Waals surface area (Å²) >= 11 is 0. The number of esters is 3. The number of hydrogen-bond acceptors (Lipinski definition) is 8. The van der Waals surface area contributed by atoms with Crippen molar-refractivity contribution in [1.29, 1.82) is 0 Å². The summed E-state index contributed by atoms with van der Waals surface area (Å²) in [5.41, 5.74) is -3.77. The number of carbonyl (C=O) groups excluding carboxylic acids is 3. The molecule has 11 nitrogen and oxygen atoms in total. The average Bonchev–Trinajstić information content (AvgIpc) is 3.14. The van der Waals surface area contributed by atoms with Crippen molar-refractivity contribution in [3.05, 3.63) is 92.8 Å². The van der Waals surface area contributed by atoms with E-state index in [1.807, 2.05) is 19.9 Å². The van der Waals surface area contributed by atoms with Gasteiger partial charge in [0.1, 0.15) is 18.8 Å². The Balaban J connectivity index is 2.23. The van der Waals surface area contributed by atoms with E-state index in [-0.39, 0.29) is 25.6 Å². The van der Waals surface area contributed by atoms with Crippen LogP contribution in [0.2, 0.25) is 0 Å². The molecule has 0 saturated carbocycles. The van der Waals surface area contributed by atoms with Gasteiger partial charge in [0.05, 0.1) is 12.5 Å². The molecule has 0 saturated heterocycles. The fourth-order valence-corrected chi connectivity index (χ4v) is 4.70. The molecular formula is C32H41N3O8. The lowest BCUT2D eigenvalue weighted by Gasteiger charge is -2.37. The zero-order valence-electron chi connectivity index (χ0n) is 25.9. The van der Waals surface area contributed by atoms with Crippen LogP contribution in [0.15, 0.2) is 70.3 Å². The van der Waals surface area contributed by atoms with Crippen LogP contribution in [-0.2, 0) is 62.4 Å². The Morgan fingerprint density at radius 2 is 1.21 bits per heavy atom. The third kappa shape index (κ3) is 7.91. The van der Waals surface area contributed by atoms with E-state index >= 15 is 0 Å². The Morgan fingerprint density at radius 1 is 0.744 bits per heavy atom. The second kappa shape index (κ2) is 13.7. The quantitative estimate of drug-likeness (QED) is 0.177. The highest BCUT2D eigenvalue weighted by molar-refractivity contribution is 6.04. The molecule has 11 heteroatoms. The third-order valence-corrected chi connectivity index (χ3v) is 7.02. The SMILES string of the molecule is CC(C)C[C@@H](C(=O)OCc1ccccc1)C(Cn1c(=O)n(C)n(C)c1=O)(C(=O)OCc1ccccc1)C(=O)OC(C)(C)C. The van der Waals surface area contributed by atoms with Gasteiger partial charge in [-0.05, 0) is 44.2 Å². The standard InChI is InChI=1S/C32H41N3O8/c1-22(2)18-25(26(36)41-19-23-14-10-8-11-15-23)32(28(38)43-31(3,4)5,21-35-29(39)33(6)34(7)30(35)40)27(37)42-20-24-16-12-9-13-17-24/h8-17,22,25H,18-21H2,1-7H3/t25-,32?/m0/s1. The molecule has 0 aliphatic carbocycles. The van der Waals surface area contributed by atoms with Gasteiger partial charge in [-0.2, -0.15) is 0 Å². The Labute approximate surface area is 251 Å². The molecule has 0 N–H and O–H groups in total. The molecule has 3 aromatic rings. The Morgan fingerprint density at radius 3 is 1.65 bits per heavy atom. The van der Waals surface area contributed by atoms with Gasteiger partial charge in [-0.15, -0.1) is 0 Å². The molecule has 0 fully saturated rings. The zero-order chi connectivity index (χ0) is 31.9. The number of nitrogens with zero attached hydrogens (tertiary/aromatic N) is 3. The topological polar surface area (TPSA) is 128 Å². The minimum absolute atomic E-state index is 0.00476. The van der Waals surface area contributed by atoms with Crippen LogP contribution in [0.25, 0.3) is 0 Å². The van der Waals surface area contributed by atoms with Crippen LogP contribution in [0.5, 0.6) is 0 Å². The minimum atomic E-state index is -2.45. The predicted molar refractivity (Wildman–Crippen MR) is 159 cm³/mol. The van der Waals surface area contributed by atoms with Gasteiger partial charge in [-0.25, -0.2) is 23.5 Å². The second-order valence-corrected chi connectivity index (χ2v) is 12.0. The van der Waals surface area contributed by atoms with Gasteiger partial charge in [-0.3, -0.25) is 14.4 Å². The first-order valence-electron chi connectivity index (χ1n) is 14.2. The van der Waals surface area contributed by atoms with E-state index in [0.29, 0.717) is 11.1 Å². The first kappa shape index (κ1) is 33.1. The largest absolute Gasteiger partial charge is 0.461 e.